The van der Waals surface area contributed by atoms with E-state index in [0.29, 0.717) is 12.0 Å². The first-order valence-electron chi connectivity index (χ1n) is 7.35. The Balaban J connectivity index is 2.37. The number of carbonyl (C=O) groups is 2. The van der Waals surface area contributed by atoms with E-state index in [1.165, 1.54) is 18.9 Å². The monoisotopic (exact) mass is 278 g/mol. The normalized spacial score (nSPS) is 10.6. The highest BCUT2D eigenvalue weighted by Crippen LogP contribution is 2.13. The number of ketones is 2. The van der Waals surface area contributed by atoms with Gasteiger partial charge in [-0.1, -0.05) is 44.7 Å². The van der Waals surface area contributed by atoms with Crippen LogP contribution in [0.25, 0.3) is 0 Å². The second kappa shape index (κ2) is 8.62. The maximum atomic E-state index is 13.4. The highest BCUT2D eigenvalue weighted by Gasteiger charge is 2.12. The first-order valence-corrected chi connectivity index (χ1v) is 7.35. The van der Waals surface area contributed by atoms with Crippen molar-refractivity contribution in [1.82, 2.24) is 0 Å². The topological polar surface area (TPSA) is 34.1 Å². The maximum absolute atomic E-state index is 13.4. The molecular formula is C17H23FO2. The van der Waals surface area contributed by atoms with Gasteiger partial charge in [0.2, 0.25) is 0 Å². The van der Waals surface area contributed by atoms with Crippen LogP contribution in [0.1, 0.15) is 67.8 Å². The van der Waals surface area contributed by atoms with Gasteiger partial charge in [0, 0.05) is 12.0 Å². The minimum Gasteiger partial charge on any atom is -0.299 e. The van der Waals surface area contributed by atoms with Crippen molar-refractivity contribution >= 4 is 11.6 Å². The van der Waals surface area contributed by atoms with Crippen LogP contribution < -0.4 is 0 Å². The summed E-state index contributed by atoms with van der Waals surface area (Å²) in [6, 6.07) is 4.36. The molecule has 0 radical (unpaired) electrons. The lowest BCUT2D eigenvalue weighted by atomic mass is 10.0. The third-order valence-electron chi connectivity index (χ3n) is 3.41. The predicted octanol–water partition coefficient (Wildman–Crippen LogP) is 4.64. The highest BCUT2D eigenvalue weighted by atomic mass is 19.1. The number of carbonyl (C=O) groups excluding carboxylic acids is 2. The van der Waals surface area contributed by atoms with Crippen LogP contribution in [-0.4, -0.2) is 11.6 Å². The summed E-state index contributed by atoms with van der Waals surface area (Å²) in [5, 5.41) is 0. The molecule has 0 N–H and O–H groups in total. The molecular weight excluding hydrogens is 255 g/mol. The van der Waals surface area contributed by atoms with Gasteiger partial charge in [-0.3, -0.25) is 9.59 Å². The molecule has 0 aromatic heterocycles. The van der Waals surface area contributed by atoms with Gasteiger partial charge in [0.25, 0.3) is 0 Å². The van der Waals surface area contributed by atoms with Crippen LogP contribution in [0.15, 0.2) is 18.2 Å². The molecule has 110 valence electrons. The van der Waals surface area contributed by atoms with Gasteiger partial charge in [-0.15, -0.1) is 0 Å². The molecule has 0 saturated heterocycles. The number of rotatable bonds is 9. The van der Waals surface area contributed by atoms with Crippen molar-refractivity contribution in [1.29, 1.82) is 0 Å². The fourth-order valence-corrected chi connectivity index (χ4v) is 2.06. The van der Waals surface area contributed by atoms with Crippen molar-refractivity contribution in [3.05, 3.63) is 35.1 Å². The van der Waals surface area contributed by atoms with Gasteiger partial charge < -0.3 is 0 Å². The third-order valence-corrected chi connectivity index (χ3v) is 3.41. The van der Waals surface area contributed by atoms with Crippen molar-refractivity contribution in [2.24, 2.45) is 0 Å². The van der Waals surface area contributed by atoms with Crippen LogP contribution in [-0.2, 0) is 4.79 Å². The number of unbranched alkanes of at least 4 members (excludes halogenated alkanes) is 4. The largest absolute Gasteiger partial charge is 0.299 e. The molecule has 0 fully saturated rings. The molecule has 0 aliphatic heterocycles. The van der Waals surface area contributed by atoms with E-state index < -0.39 is 5.82 Å². The molecule has 1 aromatic rings. The Morgan fingerprint density at radius 2 is 1.80 bits per heavy atom. The molecule has 0 bridgehead atoms. The zero-order valence-corrected chi connectivity index (χ0v) is 12.4. The first-order chi connectivity index (χ1) is 9.54. The SMILES string of the molecule is CCCCCCCC(=O)CC(=O)c1ccc(C)c(F)c1. The smallest absolute Gasteiger partial charge is 0.170 e. The second-order valence-corrected chi connectivity index (χ2v) is 5.27. The Kier molecular flexibility index (Phi) is 7.13. The summed E-state index contributed by atoms with van der Waals surface area (Å²) in [4.78, 5) is 23.6. The van der Waals surface area contributed by atoms with Crippen molar-refractivity contribution in [3.63, 3.8) is 0 Å². The Morgan fingerprint density at radius 3 is 2.45 bits per heavy atom. The van der Waals surface area contributed by atoms with Crippen molar-refractivity contribution in [2.45, 2.75) is 58.8 Å². The standard InChI is InChI=1S/C17H23FO2/c1-3-4-5-6-7-8-15(19)12-17(20)14-10-9-13(2)16(18)11-14/h9-11H,3-8,12H2,1-2H3. The second-order valence-electron chi connectivity index (χ2n) is 5.27. The van der Waals surface area contributed by atoms with E-state index in [0.717, 1.165) is 19.3 Å². The van der Waals surface area contributed by atoms with E-state index in [-0.39, 0.29) is 23.6 Å². The zero-order chi connectivity index (χ0) is 15.0. The highest BCUT2D eigenvalue weighted by molar-refractivity contribution is 6.07. The Morgan fingerprint density at radius 1 is 1.10 bits per heavy atom. The average Bonchev–Trinajstić information content (AvgIpc) is 2.41. The van der Waals surface area contributed by atoms with Gasteiger partial charge in [-0.05, 0) is 25.0 Å². The fourth-order valence-electron chi connectivity index (χ4n) is 2.06. The minimum atomic E-state index is -0.400. The molecule has 1 aromatic carbocycles. The number of aryl methyl sites for hydroxylation is 1. The van der Waals surface area contributed by atoms with Crippen molar-refractivity contribution < 1.29 is 14.0 Å². The van der Waals surface area contributed by atoms with Gasteiger partial charge in [0.05, 0.1) is 6.42 Å². The van der Waals surface area contributed by atoms with E-state index in [4.69, 9.17) is 0 Å². The molecule has 0 spiro atoms. The lowest BCUT2D eigenvalue weighted by Gasteiger charge is -2.03. The number of halogens is 1. The van der Waals surface area contributed by atoms with Crippen molar-refractivity contribution in [3.8, 4) is 0 Å². The molecule has 0 amide bonds. The van der Waals surface area contributed by atoms with Crippen LogP contribution in [0.3, 0.4) is 0 Å². The van der Waals surface area contributed by atoms with Crippen LogP contribution in [0, 0.1) is 12.7 Å². The average molecular weight is 278 g/mol. The lowest BCUT2D eigenvalue weighted by Crippen LogP contribution is -2.08. The van der Waals surface area contributed by atoms with E-state index in [2.05, 4.69) is 6.92 Å². The first kappa shape index (κ1) is 16.5. The fraction of sp³-hybridized carbons (Fsp3) is 0.529. The quantitative estimate of drug-likeness (QED) is 0.375. The minimum absolute atomic E-state index is 0.0486. The summed E-state index contributed by atoms with van der Waals surface area (Å²) in [5.74, 6) is -0.738. The van der Waals surface area contributed by atoms with Crippen LogP contribution in [0.5, 0.6) is 0 Å². The molecule has 0 unspecified atom stereocenters. The molecule has 0 heterocycles. The van der Waals surface area contributed by atoms with E-state index in [1.54, 1.807) is 19.1 Å². The molecule has 0 aliphatic rings. The van der Waals surface area contributed by atoms with E-state index in [1.807, 2.05) is 0 Å². The molecule has 1 rings (SSSR count). The van der Waals surface area contributed by atoms with Crippen molar-refractivity contribution in [2.75, 3.05) is 0 Å². The Bertz CT molecular complexity index is 466. The van der Waals surface area contributed by atoms with Gasteiger partial charge in [0.1, 0.15) is 11.6 Å². The summed E-state index contributed by atoms with van der Waals surface area (Å²) in [6.45, 7) is 3.79. The molecule has 0 saturated carbocycles. The number of Topliss-reactive ketones (excluding diaryl/α,β-unsaturated/α-hetero) is 2. The number of benzene rings is 1. The lowest BCUT2D eigenvalue weighted by molar-refractivity contribution is -0.118. The van der Waals surface area contributed by atoms with E-state index in [9.17, 15) is 14.0 Å². The van der Waals surface area contributed by atoms with E-state index >= 15 is 0 Å². The number of hydrogen-bond acceptors (Lipinski definition) is 2. The predicted molar refractivity (Wildman–Crippen MR) is 78.5 cm³/mol. The van der Waals surface area contributed by atoms with Gasteiger partial charge >= 0.3 is 0 Å². The summed E-state index contributed by atoms with van der Waals surface area (Å²) in [6.07, 6.45) is 5.71. The van der Waals surface area contributed by atoms with Gasteiger partial charge in [0.15, 0.2) is 5.78 Å². The van der Waals surface area contributed by atoms with Crippen LogP contribution in [0.2, 0.25) is 0 Å². The zero-order valence-electron chi connectivity index (χ0n) is 12.4. The van der Waals surface area contributed by atoms with Crippen LogP contribution in [0.4, 0.5) is 4.39 Å². The maximum Gasteiger partial charge on any atom is 0.170 e. The molecule has 20 heavy (non-hydrogen) atoms. The molecule has 2 nitrogen and oxygen atoms in total. The molecule has 0 aliphatic carbocycles. The summed E-state index contributed by atoms with van der Waals surface area (Å²) in [7, 11) is 0. The number of hydrogen-bond donors (Lipinski definition) is 0. The van der Waals surface area contributed by atoms with Gasteiger partial charge in [-0.25, -0.2) is 4.39 Å². The summed E-state index contributed by atoms with van der Waals surface area (Å²) in [5.41, 5.74) is 0.788. The summed E-state index contributed by atoms with van der Waals surface area (Å²) < 4.78 is 13.4. The van der Waals surface area contributed by atoms with Crippen LogP contribution >= 0.6 is 0 Å². The Hall–Kier alpha value is -1.51. The van der Waals surface area contributed by atoms with Gasteiger partial charge in [-0.2, -0.15) is 0 Å². The molecule has 0 atom stereocenters. The Labute approximate surface area is 120 Å². The third kappa shape index (κ3) is 5.64. The molecule has 3 heteroatoms. The summed E-state index contributed by atoms with van der Waals surface area (Å²) >= 11 is 0.